The van der Waals surface area contributed by atoms with Crippen molar-refractivity contribution in [3.8, 4) is 0 Å². The quantitative estimate of drug-likeness (QED) is 0.761. The summed E-state index contributed by atoms with van der Waals surface area (Å²) < 4.78 is 6.63. The molecule has 5 heteroatoms. The molecule has 1 aliphatic rings. The first-order valence-corrected chi connectivity index (χ1v) is 8.84. The second kappa shape index (κ2) is 8.08. The highest BCUT2D eigenvalue weighted by Crippen LogP contribution is 2.39. The Labute approximate surface area is 136 Å². The lowest BCUT2D eigenvalue weighted by Crippen LogP contribution is -2.14. The molecule has 1 N–H and O–H groups in total. The van der Waals surface area contributed by atoms with E-state index in [0.717, 1.165) is 41.2 Å². The SMILES string of the molecule is CCCC(OC)c1nc(NCC)c(Br)c(C2CCCC2)n1. The molecule has 0 amide bonds. The topological polar surface area (TPSA) is 47.0 Å². The largest absolute Gasteiger partial charge is 0.373 e. The summed E-state index contributed by atoms with van der Waals surface area (Å²) in [6.45, 7) is 5.10. The number of aromatic nitrogens is 2. The van der Waals surface area contributed by atoms with Crippen molar-refractivity contribution in [2.24, 2.45) is 0 Å². The van der Waals surface area contributed by atoms with Gasteiger partial charge in [0.25, 0.3) is 0 Å². The molecular weight excluding hydrogens is 330 g/mol. The Bertz CT molecular complexity index is 461. The van der Waals surface area contributed by atoms with Crippen LogP contribution in [-0.2, 0) is 4.74 Å². The second-order valence-electron chi connectivity index (χ2n) is 5.65. The van der Waals surface area contributed by atoms with E-state index in [4.69, 9.17) is 9.72 Å². The van der Waals surface area contributed by atoms with E-state index in [9.17, 15) is 0 Å². The first-order valence-electron chi connectivity index (χ1n) is 8.05. The van der Waals surface area contributed by atoms with Crippen LogP contribution in [0, 0.1) is 0 Å². The molecule has 0 spiro atoms. The second-order valence-corrected chi connectivity index (χ2v) is 6.45. The van der Waals surface area contributed by atoms with Crippen LogP contribution in [0.4, 0.5) is 5.82 Å². The first kappa shape index (κ1) is 16.7. The van der Waals surface area contributed by atoms with Gasteiger partial charge in [-0.15, -0.1) is 0 Å². The van der Waals surface area contributed by atoms with Crippen molar-refractivity contribution in [3.05, 3.63) is 16.0 Å². The molecule has 1 atom stereocenters. The van der Waals surface area contributed by atoms with Crippen LogP contribution in [0.15, 0.2) is 4.47 Å². The Balaban J connectivity index is 2.39. The minimum Gasteiger partial charge on any atom is -0.373 e. The maximum absolute atomic E-state index is 5.60. The maximum Gasteiger partial charge on any atom is 0.159 e. The van der Waals surface area contributed by atoms with E-state index in [0.29, 0.717) is 5.92 Å². The smallest absolute Gasteiger partial charge is 0.159 e. The average Bonchev–Trinajstić information content (AvgIpc) is 3.01. The van der Waals surface area contributed by atoms with Crippen molar-refractivity contribution in [3.63, 3.8) is 0 Å². The summed E-state index contributed by atoms with van der Waals surface area (Å²) in [5, 5.41) is 3.35. The molecule has 0 aliphatic heterocycles. The fourth-order valence-corrected chi connectivity index (χ4v) is 3.64. The van der Waals surface area contributed by atoms with Gasteiger partial charge < -0.3 is 10.1 Å². The molecule has 0 bridgehead atoms. The molecule has 1 aromatic rings. The number of anilines is 1. The lowest BCUT2D eigenvalue weighted by atomic mass is 10.0. The molecule has 1 heterocycles. The van der Waals surface area contributed by atoms with Crippen LogP contribution in [0.5, 0.6) is 0 Å². The molecule has 0 aromatic carbocycles. The highest BCUT2D eigenvalue weighted by Gasteiger charge is 2.25. The van der Waals surface area contributed by atoms with Gasteiger partial charge in [0.1, 0.15) is 11.9 Å². The Morgan fingerprint density at radius 1 is 1.29 bits per heavy atom. The molecule has 118 valence electrons. The van der Waals surface area contributed by atoms with Gasteiger partial charge in [-0.2, -0.15) is 0 Å². The molecule has 1 aromatic heterocycles. The zero-order valence-electron chi connectivity index (χ0n) is 13.3. The Morgan fingerprint density at radius 2 is 2.00 bits per heavy atom. The van der Waals surface area contributed by atoms with Gasteiger partial charge in [-0.25, -0.2) is 9.97 Å². The number of hydrogen-bond donors (Lipinski definition) is 1. The number of halogens is 1. The van der Waals surface area contributed by atoms with Gasteiger partial charge in [0.05, 0.1) is 10.2 Å². The number of nitrogens with one attached hydrogen (secondary N) is 1. The van der Waals surface area contributed by atoms with Crippen molar-refractivity contribution in [2.45, 2.75) is 64.4 Å². The number of ether oxygens (including phenoxy) is 1. The molecule has 1 unspecified atom stereocenters. The molecule has 1 fully saturated rings. The van der Waals surface area contributed by atoms with Gasteiger partial charge in [0.15, 0.2) is 5.82 Å². The van der Waals surface area contributed by atoms with Crippen molar-refractivity contribution < 1.29 is 4.74 Å². The van der Waals surface area contributed by atoms with Gasteiger partial charge >= 0.3 is 0 Å². The molecule has 21 heavy (non-hydrogen) atoms. The highest BCUT2D eigenvalue weighted by molar-refractivity contribution is 9.10. The summed E-state index contributed by atoms with van der Waals surface area (Å²) >= 11 is 3.71. The van der Waals surface area contributed by atoms with Crippen LogP contribution in [0.3, 0.4) is 0 Å². The molecule has 4 nitrogen and oxygen atoms in total. The van der Waals surface area contributed by atoms with Crippen LogP contribution in [0.25, 0.3) is 0 Å². The summed E-state index contributed by atoms with van der Waals surface area (Å²) in [6.07, 6.45) is 7.06. The summed E-state index contributed by atoms with van der Waals surface area (Å²) in [7, 11) is 1.74. The fraction of sp³-hybridized carbons (Fsp3) is 0.750. The number of hydrogen-bond acceptors (Lipinski definition) is 4. The third-order valence-corrected chi connectivity index (χ3v) is 4.89. The third kappa shape index (κ3) is 3.95. The zero-order valence-corrected chi connectivity index (χ0v) is 14.9. The van der Waals surface area contributed by atoms with Crippen LogP contribution >= 0.6 is 15.9 Å². The number of nitrogens with zero attached hydrogens (tertiary/aromatic N) is 2. The van der Waals surface area contributed by atoms with Crippen molar-refractivity contribution in [1.82, 2.24) is 9.97 Å². The number of rotatable bonds is 7. The van der Waals surface area contributed by atoms with Crippen LogP contribution in [-0.4, -0.2) is 23.6 Å². The lowest BCUT2D eigenvalue weighted by Gasteiger charge is -2.19. The van der Waals surface area contributed by atoms with E-state index in [-0.39, 0.29) is 6.10 Å². The van der Waals surface area contributed by atoms with Gasteiger partial charge in [-0.1, -0.05) is 26.2 Å². The van der Waals surface area contributed by atoms with Gasteiger partial charge in [0, 0.05) is 19.6 Å². The van der Waals surface area contributed by atoms with Crippen LogP contribution in [0.1, 0.15) is 75.9 Å². The molecule has 1 saturated carbocycles. The maximum atomic E-state index is 5.60. The van der Waals surface area contributed by atoms with Crippen LogP contribution in [0.2, 0.25) is 0 Å². The Kier molecular flexibility index (Phi) is 6.42. The molecule has 0 radical (unpaired) electrons. The number of methoxy groups -OCH3 is 1. The van der Waals surface area contributed by atoms with E-state index < -0.39 is 0 Å². The lowest BCUT2D eigenvalue weighted by molar-refractivity contribution is 0.0874. The Morgan fingerprint density at radius 3 is 2.57 bits per heavy atom. The van der Waals surface area contributed by atoms with Crippen LogP contribution < -0.4 is 5.32 Å². The van der Waals surface area contributed by atoms with E-state index in [2.05, 4.69) is 40.1 Å². The predicted octanol–water partition coefficient (Wildman–Crippen LogP) is 4.82. The zero-order chi connectivity index (χ0) is 15.2. The standard InChI is InChI=1S/C16H26BrN3O/c1-4-8-12(21-3)15-19-14(11-9-6-7-10-11)13(17)16(20-15)18-5-2/h11-12H,4-10H2,1-3H3,(H,18,19,20). The first-order chi connectivity index (χ1) is 10.2. The van der Waals surface area contributed by atoms with E-state index in [1.165, 1.54) is 25.7 Å². The van der Waals surface area contributed by atoms with Crippen molar-refractivity contribution in [2.75, 3.05) is 19.0 Å². The fourth-order valence-electron chi connectivity index (χ4n) is 3.00. The monoisotopic (exact) mass is 355 g/mol. The average molecular weight is 356 g/mol. The summed E-state index contributed by atoms with van der Waals surface area (Å²) in [5.74, 6) is 2.28. The van der Waals surface area contributed by atoms with E-state index in [1.54, 1.807) is 7.11 Å². The van der Waals surface area contributed by atoms with Crippen molar-refractivity contribution in [1.29, 1.82) is 0 Å². The molecular formula is C16H26BrN3O. The van der Waals surface area contributed by atoms with Gasteiger partial charge in [-0.05, 0) is 42.1 Å². The molecule has 2 rings (SSSR count). The molecule has 0 saturated heterocycles. The van der Waals surface area contributed by atoms with Crippen molar-refractivity contribution >= 4 is 21.7 Å². The summed E-state index contributed by atoms with van der Waals surface area (Å²) in [5.41, 5.74) is 1.16. The van der Waals surface area contributed by atoms with E-state index in [1.807, 2.05) is 0 Å². The third-order valence-electron chi connectivity index (χ3n) is 4.10. The van der Waals surface area contributed by atoms with Gasteiger partial charge in [-0.3, -0.25) is 0 Å². The summed E-state index contributed by atoms with van der Waals surface area (Å²) in [4.78, 5) is 9.55. The highest BCUT2D eigenvalue weighted by atomic mass is 79.9. The Hall–Kier alpha value is -0.680. The molecule has 1 aliphatic carbocycles. The van der Waals surface area contributed by atoms with Gasteiger partial charge in [0.2, 0.25) is 0 Å². The normalized spacial score (nSPS) is 17.1. The minimum atomic E-state index is -0.0133. The minimum absolute atomic E-state index is 0.0133. The predicted molar refractivity (Wildman–Crippen MR) is 89.8 cm³/mol. The van der Waals surface area contributed by atoms with E-state index >= 15 is 0 Å². The summed E-state index contributed by atoms with van der Waals surface area (Å²) in [6, 6.07) is 0.